The maximum Gasteiger partial charge on any atom is 0.241 e. The van der Waals surface area contributed by atoms with Crippen LogP contribution in [0.15, 0.2) is 53.4 Å². The highest BCUT2D eigenvalue weighted by atomic mass is 35.5. The van der Waals surface area contributed by atoms with Gasteiger partial charge in [0.2, 0.25) is 15.9 Å². The molecule has 1 heterocycles. The lowest BCUT2D eigenvalue weighted by atomic mass is 10.2. The van der Waals surface area contributed by atoms with Crippen LogP contribution in [-0.4, -0.2) is 69.5 Å². The second kappa shape index (κ2) is 10.4. The number of sulfonamides is 1. The number of nitrogens with zero attached hydrogens (tertiary/aromatic N) is 2. The molecular weight excluding hydrogens is 440 g/mol. The number of nitrogens with two attached hydrogens (primary N) is 1. The van der Waals surface area contributed by atoms with Crippen molar-refractivity contribution in [3.05, 3.63) is 53.6 Å². The van der Waals surface area contributed by atoms with Crippen molar-refractivity contribution >= 4 is 33.2 Å². The fourth-order valence-corrected chi connectivity index (χ4v) is 3.98. The number of hydrogen-bond acceptors (Lipinski definition) is 6. The molecule has 1 aliphatic heterocycles. The Hall–Kier alpha value is -2.17. The number of benzene rings is 2. The number of ether oxygens (including phenoxy) is 1. The van der Waals surface area contributed by atoms with Crippen molar-refractivity contribution < 1.29 is 17.9 Å². The van der Waals surface area contributed by atoms with Gasteiger partial charge in [0.15, 0.2) is 0 Å². The number of halogens is 1. The Morgan fingerprint density at radius 1 is 1.10 bits per heavy atom. The van der Waals surface area contributed by atoms with Gasteiger partial charge in [0.05, 0.1) is 10.9 Å². The Morgan fingerprint density at radius 2 is 1.71 bits per heavy atom. The van der Waals surface area contributed by atoms with E-state index in [2.05, 4.69) is 15.1 Å². The lowest BCUT2D eigenvalue weighted by Gasteiger charge is -2.37. The van der Waals surface area contributed by atoms with Gasteiger partial charge in [-0.3, -0.25) is 14.6 Å². The van der Waals surface area contributed by atoms with Gasteiger partial charge >= 0.3 is 0 Å². The van der Waals surface area contributed by atoms with Crippen molar-refractivity contribution in [2.45, 2.75) is 17.9 Å². The predicted molar refractivity (Wildman–Crippen MR) is 121 cm³/mol. The van der Waals surface area contributed by atoms with E-state index in [1.165, 1.54) is 24.3 Å². The van der Waals surface area contributed by atoms with Gasteiger partial charge in [0, 0.05) is 43.4 Å². The summed E-state index contributed by atoms with van der Waals surface area (Å²) in [6, 6.07) is 12.8. The van der Waals surface area contributed by atoms with Gasteiger partial charge in [0.25, 0.3) is 0 Å². The molecule has 1 saturated heterocycles. The molecule has 3 N–H and O–H groups in total. The lowest BCUT2D eigenvalue weighted by Crippen LogP contribution is -2.53. The van der Waals surface area contributed by atoms with Crippen LogP contribution in [0.3, 0.4) is 0 Å². The molecule has 0 bridgehead atoms. The minimum Gasteiger partial charge on any atom is -0.492 e. The second-order valence-corrected chi connectivity index (χ2v) is 9.41. The number of nitrogens with one attached hydrogen (secondary N) is 1. The van der Waals surface area contributed by atoms with E-state index >= 15 is 0 Å². The molecule has 3 rings (SSSR count). The summed E-state index contributed by atoms with van der Waals surface area (Å²) in [5.41, 5.74) is 0.530. The number of carbonyl (C=O) groups excluding carboxylic acids is 1. The normalized spacial score (nSPS) is 16.6. The first kappa shape index (κ1) is 23.5. The number of amides is 1. The van der Waals surface area contributed by atoms with Gasteiger partial charge in [-0.15, -0.1) is 0 Å². The number of anilines is 1. The SMILES string of the molecule is C[C@H](C(=O)Nc1ccc(S(N)(=O)=O)cc1)N1CCN(CCOc2ccc(Cl)cc2)CC1. The van der Waals surface area contributed by atoms with E-state index in [0.29, 0.717) is 17.3 Å². The van der Waals surface area contributed by atoms with Crippen LogP contribution < -0.4 is 15.2 Å². The first-order chi connectivity index (χ1) is 14.7. The van der Waals surface area contributed by atoms with Gasteiger partial charge in [-0.25, -0.2) is 13.6 Å². The summed E-state index contributed by atoms with van der Waals surface area (Å²) in [5, 5.41) is 8.60. The third-order valence-electron chi connectivity index (χ3n) is 5.27. The highest BCUT2D eigenvalue weighted by molar-refractivity contribution is 7.89. The first-order valence-electron chi connectivity index (χ1n) is 10.0. The summed E-state index contributed by atoms with van der Waals surface area (Å²) >= 11 is 5.87. The van der Waals surface area contributed by atoms with Gasteiger partial charge < -0.3 is 10.1 Å². The smallest absolute Gasteiger partial charge is 0.241 e. The average molecular weight is 467 g/mol. The first-order valence-corrected chi connectivity index (χ1v) is 11.9. The molecule has 1 fully saturated rings. The lowest BCUT2D eigenvalue weighted by molar-refractivity contribution is -0.121. The summed E-state index contributed by atoms with van der Waals surface area (Å²) in [4.78, 5) is 17.0. The van der Waals surface area contributed by atoms with Crippen LogP contribution in [0.2, 0.25) is 5.02 Å². The fourth-order valence-electron chi connectivity index (χ4n) is 3.34. The summed E-state index contributed by atoms with van der Waals surface area (Å²) in [6.07, 6.45) is 0. The number of carbonyl (C=O) groups is 1. The molecule has 168 valence electrons. The fraction of sp³-hybridized carbons (Fsp3) is 0.381. The standard InChI is InChI=1S/C21H27ClN4O4S/c1-16(21(27)24-18-4-8-20(9-5-18)31(23,28)29)26-12-10-25(11-13-26)14-15-30-19-6-2-17(22)3-7-19/h2-9,16H,10-15H2,1H3,(H,24,27)(H2,23,28,29)/t16-/m1/s1. The van der Waals surface area contributed by atoms with Gasteiger partial charge in [-0.1, -0.05) is 11.6 Å². The van der Waals surface area contributed by atoms with Crippen molar-refractivity contribution in [2.75, 3.05) is 44.6 Å². The maximum absolute atomic E-state index is 12.6. The highest BCUT2D eigenvalue weighted by Gasteiger charge is 2.25. The van der Waals surface area contributed by atoms with Gasteiger partial charge in [0.1, 0.15) is 12.4 Å². The molecule has 0 unspecified atom stereocenters. The average Bonchev–Trinajstić information content (AvgIpc) is 2.75. The molecule has 0 spiro atoms. The van der Waals surface area contributed by atoms with Gasteiger partial charge in [-0.05, 0) is 55.5 Å². The molecule has 10 heteroatoms. The van der Waals surface area contributed by atoms with Crippen LogP contribution in [0.25, 0.3) is 0 Å². The van der Waals surface area contributed by atoms with E-state index in [9.17, 15) is 13.2 Å². The predicted octanol–water partition coefficient (Wildman–Crippen LogP) is 2.01. The van der Waals surface area contributed by atoms with E-state index in [0.717, 1.165) is 38.5 Å². The van der Waals surface area contributed by atoms with E-state index < -0.39 is 10.0 Å². The molecule has 31 heavy (non-hydrogen) atoms. The number of primary sulfonamides is 1. The van der Waals surface area contributed by atoms with E-state index in [-0.39, 0.29) is 16.8 Å². The molecule has 0 radical (unpaired) electrons. The van der Waals surface area contributed by atoms with Crippen LogP contribution in [0, 0.1) is 0 Å². The molecule has 0 aromatic heterocycles. The summed E-state index contributed by atoms with van der Waals surface area (Å²) in [6.45, 7) is 6.53. The topological polar surface area (TPSA) is 105 Å². The molecule has 1 atom stereocenters. The zero-order valence-electron chi connectivity index (χ0n) is 17.3. The van der Waals surface area contributed by atoms with Crippen LogP contribution in [0.4, 0.5) is 5.69 Å². The summed E-state index contributed by atoms with van der Waals surface area (Å²) in [7, 11) is -3.75. The summed E-state index contributed by atoms with van der Waals surface area (Å²) < 4.78 is 28.4. The quantitative estimate of drug-likeness (QED) is 0.616. The van der Waals surface area contributed by atoms with E-state index in [4.69, 9.17) is 21.5 Å². The third-order valence-corrected chi connectivity index (χ3v) is 6.46. The van der Waals surface area contributed by atoms with Gasteiger partial charge in [-0.2, -0.15) is 0 Å². The maximum atomic E-state index is 12.6. The zero-order chi connectivity index (χ0) is 22.4. The largest absolute Gasteiger partial charge is 0.492 e. The van der Waals surface area contributed by atoms with Crippen LogP contribution in [-0.2, 0) is 14.8 Å². The van der Waals surface area contributed by atoms with Crippen molar-refractivity contribution in [1.82, 2.24) is 9.80 Å². The number of rotatable bonds is 8. The van der Waals surface area contributed by atoms with Crippen molar-refractivity contribution in [3.8, 4) is 5.75 Å². The molecule has 1 aliphatic rings. The van der Waals surface area contributed by atoms with Crippen LogP contribution >= 0.6 is 11.6 Å². The molecule has 2 aromatic rings. The van der Waals surface area contributed by atoms with Crippen LogP contribution in [0.5, 0.6) is 5.75 Å². The number of piperazine rings is 1. The molecule has 0 aliphatic carbocycles. The minimum atomic E-state index is -3.75. The Morgan fingerprint density at radius 3 is 2.29 bits per heavy atom. The Balaban J connectivity index is 1.41. The number of hydrogen-bond donors (Lipinski definition) is 2. The summed E-state index contributed by atoms with van der Waals surface area (Å²) in [5.74, 6) is 0.660. The van der Waals surface area contributed by atoms with E-state index in [1.54, 1.807) is 12.1 Å². The zero-order valence-corrected chi connectivity index (χ0v) is 18.9. The monoisotopic (exact) mass is 466 g/mol. The minimum absolute atomic E-state index is 0.00899. The van der Waals surface area contributed by atoms with Crippen LogP contribution in [0.1, 0.15) is 6.92 Å². The molecule has 1 amide bonds. The molecular formula is C21H27ClN4O4S. The Labute approximate surface area is 188 Å². The van der Waals surface area contributed by atoms with Crippen molar-refractivity contribution in [2.24, 2.45) is 5.14 Å². The van der Waals surface area contributed by atoms with Crippen molar-refractivity contribution in [1.29, 1.82) is 0 Å². The Bertz CT molecular complexity index is 975. The Kier molecular flexibility index (Phi) is 7.90. The van der Waals surface area contributed by atoms with E-state index in [1.807, 2.05) is 19.1 Å². The van der Waals surface area contributed by atoms with Crippen molar-refractivity contribution in [3.63, 3.8) is 0 Å². The second-order valence-electron chi connectivity index (χ2n) is 7.41. The molecule has 2 aromatic carbocycles. The molecule has 0 saturated carbocycles. The molecule has 8 nitrogen and oxygen atoms in total. The third kappa shape index (κ3) is 6.91. The highest BCUT2D eigenvalue weighted by Crippen LogP contribution is 2.16.